The van der Waals surface area contributed by atoms with Crippen LogP contribution in [0.2, 0.25) is 5.02 Å². The van der Waals surface area contributed by atoms with Gasteiger partial charge in [0.2, 0.25) is 0 Å². The molecular formula is C15H23ClN2. The predicted octanol–water partition coefficient (Wildman–Crippen LogP) is 3.08. The van der Waals surface area contributed by atoms with Gasteiger partial charge in [0.05, 0.1) is 0 Å². The lowest BCUT2D eigenvalue weighted by atomic mass is 9.95. The minimum Gasteiger partial charge on any atom is -0.328 e. The molecule has 1 aromatic carbocycles. The SMILES string of the molecule is CC(Cc1ccc(Cl)cc1)N1CCC(N)CC1C. The van der Waals surface area contributed by atoms with Crippen molar-refractivity contribution >= 4 is 11.6 Å². The van der Waals surface area contributed by atoms with Gasteiger partial charge < -0.3 is 5.73 Å². The molecule has 3 heteroatoms. The summed E-state index contributed by atoms with van der Waals surface area (Å²) in [6.45, 7) is 5.72. The van der Waals surface area contributed by atoms with Crippen molar-refractivity contribution in [1.29, 1.82) is 0 Å². The largest absolute Gasteiger partial charge is 0.328 e. The van der Waals surface area contributed by atoms with Gasteiger partial charge in [-0.05, 0) is 50.8 Å². The number of benzene rings is 1. The van der Waals surface area contributed by atoms with Crippen molar-refractivity contribution in [1.82, 2.24) is 4.90 Å². The molecule has 2 rings (SSSR count). The van der Waals surface area contributed by atoms with Crippen molar-refractivity contribution in [2.24, 2.45) is 5.73 Å². The quantitative estimate of drug-likeness (QED) is 0.911. The van der Waals surface area contributed by atoms with Crippen LogP contribution in [0.15, 0.2) is 24.3 Å². The molecule has 1 aromatic rings. The Labute approximate surface area is 115 Å². The van der Waals surface area contributed by atoms with E-state index in [0.717, 1.165) is 30.8 Å². The summed E-state index contributed by atoms with van der Waals surface area (Å²) >= 11 is 5.91. The molecule has 1 heterocycles. The van der Waals surface area contributed by atoms with Gasteiger partial charge in [0.15, 0.2) is 0 Å². The van der Waals surface area contributed by atoms with E-state index in [0.29, 0.717) is 18.1 Å². The summed E-state index contributed by atoms with van der Waals surface area (Å²) < 4.78 is 0. The first-order valence-electron chi connectivity index (χ1n) is 6.82. The zero-order valence-electron chi connectivity index (χ0n) is 11.3. The summed E-state index contributed by atoms with van der Waals surface area (Å²) in [6, 6.07) is 9.74. The Hall–Kier alpha value is -0.570. The molecule has 0 aromatic heterocycles. The minimum absolute atomic E-state index is 0.388. The van der Waals surface area contributed by atoms with E-state index in [9.17, 15) is 0 Å². The fourth-order valence-corrected chi connectivity index (χ4v) is 3.09. The minimum atomic E-state index is 0.388. The number of nitrogens with zero attached hydrogens (tertiary/aromatic N) is 1. The predicted molar refractivity (Wildman–Crippen MR) is 78.0 cm³/mol. The monoisotopic (exact) mass is 266 g/mol. The van der Waals surface area contributed by atoms with Crippen molar-refractivity contribution in [3.63, 3.8) is 0 Å². The summed E-state index contributed by atoms with van der Waals surface area (Å²) in [7, 11) is 0. The smallest absolute Gasteiger partial charge is 0.0406 e. The highest BCUT2D eigenvalue weighted by atomic mass is 35.5. The van der Waals surface area contributed by atoms with Crippen molar-refractivity contribution in [2.45, 2.75) is 51.2 Å². The highest BCUT2D eigenvalue weighted by Gasteiger charge is 2.26. The first-order chi connectivity index (χ1) is 8.56. The van der Waals surface area contributed by atoms with Crippen LogP contribution < -0.4 is 5.73 Å². The van der Waals surface area contributed by atoms with E-state index >= 15 is 0 Å². The van der Waals surface area contributed by atoms with E-state index in [-0.39, 0.29) is 0 Å². The van der Waals surface area contributed by atoms with Crippen molar-refractivity contribution < 1.29 is 0 Å². The standard InChI is InChI=1S/C15H23ClN2/c1-11(9-13-3-5-14(16)6-4-13)18-8-7-15(17)10-12(18)2/h3-6,11-12,15H,7-10,17H2,1-2H3. The van der Waals surface area contributed by atoms with Gasteiger partial charge >= 0.3 is 0 Å². The van der Waals surface area contributed by atoms with Crippen LogP contribution in [0.1, 0.15) is 32.3 Å². The average molecular weight is 267 g/mol. The van der Waals surface area contributed by atoms with Gasteiger partial charge in [-0.3, -0.25) is 4.90 Å². The Morgan fingerprint density at radius 3 is 2.67 bits per heavy atom. The van der Waals surface area contributed by atoms with Crippen LogP contribution in [-0.4, -0.2) is 29.6 Å². The Kier molecular flexibility index (Phi) is 4.66. The molecule has 3 atom stereocenters. The second-order valence-corrected chi connectivity index (χ2v) is 5.99. The molecule has 0 amide bonds. The van der Waals surface area contributed by atoms with Gasteiger partial charge in [-0.15, -0.1) is 0 Å². The molecule has 2 nitrogen and oxygen atoms in total. The summed E-state index contributed by atoms with van der Waals surface area (Å²) in [5, 5.41) is 0.809. The molecule has 1 saturated heterocycles. The van der Waals surface area contributed by atoms with Crippen LogP contribution in [-0.2, 0) is 6.42 Å². The normalized spacial score (nSPS) is 27.1. The van der Waals surface area contributed by atoms with Crippen LogP contribution in [0.5, 0.6) is 0 Å². The van der Waals surface area contributed by atoms with Crippen molar-refractivity contribution in [3.05, 3.63) is 34.9 Å². The van der Waals surface area contributed by atoms with Gasteiger partial charge in [-0.25, -0.2) is 0 Å². The molecule has 1 aliphatic rings. The fourth-order valence-electron chi connectivity index (χ4n) is 2.96. The molecular weight excluding hydrogens is 244 g/mol. The van der Waals surface area contributed by atoms with E-state index in [2.05, 4.69) is 30.9 Å². The van der Waals surface area contributed by atoms with Crippen LogP contribution in [0, 0.1) is 0 Å². The second kappa shape index (κ2) is 6.05. The van der Waals surface area contributed by atoms with Crippen LogP contribution in [0.4, 0.5) is 0 Å². The average Bonchev–Trinajstić information content (AvgIpc) is 2.32. The number of hydrogen-bond donors (Lipinski definition) is 1. The Morgan fingerprint density at radius 1 is 1.39 bits per heavy atom. The van der Waals surface area contributed by atoms with Gasteiger partial charge in [0, 0.05) is 29.7 Å². The summed E-state index contributed by atoms with van der Waals surface area (Å²) in [4.78, 5) is 2.58. The number of hydrogen-bond acceptors (Lipinski definition) is 2. The molecule has 18 heavy (non-hydrogen) atoms. The molecule has 2 N–H and O–H groups in total. The highest BCUT2D eigenvalue weighted by Crippen LogP contribution is 2.21. The maximum absolute atomic E-state index is 6.02. The Balaban J connectivity index is 1.95. The molecule has 3 unspecified atom stereocenters. The summed E-state index contributed by atoms with van der Waals surface area (Å²) in [5.74, 6) is 0. The van der Waals surface area contributed by atoms with Gasteiger partial charge in [-0.2, -0.15) is 0 Å². The third kappa shape index (κ3) is 3.47. The van der Waals surface area contributed by atoms with Crippen molar-refractivity contribution in [3.8, 4) is 0 Å². The van der Waals surface area contributed by atoms with E-state index in [1.807, 2.05) is 12.1 Å². The summed E-state index contributed by atoms with van der Waals surface area (Å²) in [5.41, 5.74) is 7.37. The van der Waals surface area contributed by atoms with Gasteiger partial charge in [0.25, 0.3) is 0 Å². The molecule has 100 valence electrons. The van der Waals surface area contributed by atoms with Crippen LogP contribution in [0.3, 0.4) is 0 Å². The van der Waals surface area contributed by atoms with Gasteiger partial charge in [0.1, 0.15) is 0 Å². The van der Waals surface area contributed by atoms with Crippen LogP contribution in [0.25, 0.3) is 0 Å². The lowest BCUT2D eigenvalue weighted by Gasteiger charge is -2.40. The highest BCUT2D eigenvalue weighted by molar-refractivity contribution is 6.30. The molecule has 0 saturated carbocycles. The Bertz CT molecular complexity index is 377. The Morgan fingerprint density at radius 2 is 2.06 bits per heavy atom. The summed E-state index contributed by atoms with van der Waals surface area (Å²) in [6.07, 6.45) is 3.32. The third-order valence-electron chi connectivity index (χ3n) is 3.98. The molecule has 1 fully saturated rings. The molecule has 0 bridgehead atoms. The molecule has 0 radical (unpaired) electrons. The number of piperidine rings is 1. The molecule has 1 aliphatic heterocycles. The number of nitrogens with two attached hydrogens (primary N) is 1. The third-order valence-corrected chi connectivity index (χ3v) is 4.23. The second-order valence-electron chi connectivity index (χ2n) is 5.55. The lowest BCUT2D eigenvalue weighted by Crippen LogP contribution is -2.49. The van der Waals surface area contributed by atoms with E-state index in [1.54, 1.807) is 0 Å². The maximum atomic E-state index is 6.02. The number of rotatable bonds is 3. The molecule has 0 aliphatic carbocycles. The topological polar surface area (TPSA) is 29.3 Å². The zero-order valence-corrected chi connectivity index (χ0v) is 12.0. The van der Waals surface area contributed by atoms with Gasteiger partial charge in [-0.1, -0.05) is 23.7 Å². The number of likely N-dealkylation sites (tertiary alicyclic amines) is 1. The fraction of sp³-hybridized carbons (Fsp3) is 0.600. The first-order valence-corrected chi connectivity index (χ1v) is 7.20. The van der Waals surface area contributed by atoms with E-state index < -0.39 is 0 Å². The molecule has 0 spiro atoms. The van der Waals surface area contributed by atoms with E-state index in [1.165, 1.54) is 5.56 Å². The van der Waals surface area contributed by atoms with Crippen molar-refractivity contribution in [2.75, 3.05) is 6.54 Å². The zero-order chi connectivity index (χ0) is 13.1. The maximum Gasteiger partial charge on any atom is 0.0406 e. The van der Waals surface area contributed by atoms with Crippen LogP contribution >= 0.6 is 11.6 Å². The van der Waals surface area contributed by atoms with E-state index in [4.69, 9.17) is 17.3 Å². The first kappa shape index (κ1) is 13.9. The number of halogens is 1. The lowest BCUT2D eigenvalue weighted by molar-refractivity contribution is 0.104.